The first-order chi connectivity index (χ1) is 12.6. The molecule has 0 spiro atoms. The van der Waals surface area contributed by atoms with Crippen LogP contribution in [0.2, 0.25) is 5.02 Å². The van der Waals surface area contributed by atoms with E-state index < -0.39 is 23.3 Å². The molecule has 8 nitrogen and oxygen atoms in total. The third-order valence-corrected chi connectivity index (χ3v) is 5.44. The third kappa shape index (κ3) is 5.21. The Hall–Kier alpha value is -2.10. The van der Waals surface area contributed by atoms with Gasteiger partial charge in [0.15, 0.2) is 5.16 Å². The van der Waals surface area contributed by atoms with E-state index in [2.05, 4.69) is 10.3 Å². The number of amides is 3. The van der Waals surface area contributed by atoms with Crippen LogP contribution < -0.4 is 16.6 Å². The molecular formula is C17H21ClN4O4S. The molecule has 0 saturated heterocycles. The molecule has 1 aromatic heterocycles. The summed E-state index contributed by atoms with van der Waals surface area (Å²) in [5, 5.41) is 12.1. The van der Waals surface area contributed by atoms with Crippen LogP contribution in [0.3, 0.4) is 0 Å². The molecule has 0 fully saturated rings. The average Bonchev–Trinajstić information content (AvgIpc) is 2.54. The smallest absolute Gasteiger partial charge is 0.318 e. The maximum Gasteiger partial charge on any atom is 0.318 e. The molecule has 2 aromatic rings. The molecule has 0 aliphatic carbocycles. The topological polar surface area (TPSA) is 127 Å². The van der Waals surface area contributed by atoms with Gasteiger partial charge in [-0.1, -0.05) is 37.2 Å². The summed E-state index contributed by atoms with van der Waals surface area (Å²) in [6.07, 6.45) is -0.800. The van der Waals surface area contributed by atoms with Gasteiger partial charge in [-0.3, -0.25) is 19.5 Å². The number of nitrogens with two attached hydrogens (primary N) is 1. The number of nitrogens with one attached hydrogen (secondary N) is 1. The number of hydrogen-bond acceptors (Lipinski definition) is 6. The zero-order valence-electron chi connectivity index (χ0n) is 15.1. The predicted octanol–water partition coefficient (Wildman–Crippen LogP) is 1.74. The Kier molecular flexibility index (Phi) is 6.85. The fourth-order valence-electron chi connectivity index (χ4n) is 2.49. The Morgan fingerprint density at radius 1 is 1.37 bits per heavy atom. The van der Waals surface area contributed by atoms with Gasteiger partial charge in [-0.2, -0.15) is 0 Å². The molecule has 4 N–H and O–H groups in total. The van der Waals surface area contributed by atoms with E-state index >= 15 is 0 Å². The molecule has 1 heterocycles. The first-order valence-electron chi connectivity index (χ1n) is 8.25. The molecule has 0 aliphatic rings. The van der Waals surface area contributed by atoms with Gasteiger partial charge in [0.2, 0.25) is 5.91 Å². The normalized spacial score (nSPS) is 13.6. The van der Waals surface area contributed by atoms with Crippen molar-refractivity contribution in [1.29, 1.82) is 0 Å². The number of aromatic nitrogens is 2. The zero-order chi connectivity index (χ0) is 20.3. The van der Waals surface area contributed by atoms with Gasteiger partial charge < -0.3 is 10.8 Å². The van der Waals surface area contributed by atoms with Gasteiger partial charge in [0.25, 0.3) is 5.56 Å². The van der Waals surface area contributed by atoms with Gasteiger partial charge in [0.1, 0.15) is 0 Å². The molecular weight excluding hydrogens is 392 g/mol. The van der Waals surface area contributed by atoms with E-state index in [0.29, 0.717) is 15.9 Å². The van der Waals surface area contributed by atoms with E-state index in [4.69, 9.17) is 17.3 Å². The summed E-state index contributed by atoms with van der Waals surface area (Å²) in [6.45, 7) is 5.15. The summed E-state index contributed by atoms with van der Waals surface area (Å²) in [4.78, 5) is 40.7. The average molecular weight is 413 g/mol. The SMILES string of the molecule is CC(C)[C@H](Sc1nc2cc(Cl)ccc2c(=O)n1C[C@@H](C)O)C(=O)NC(N)=O. The lowest BCUT2D eigenvalue weighted by Crippen LogP contribution is -2.42. The monoisotopic (exact) mass is 412 g/mol. The minimum Gasteiger partial charge on any atom is -0.392 e. The summed E-state index contributed by atoms with van der Waals surface area (Å²) < 4.78 is 1.32. The second kappa shape index (κ2) is 8.73. The van der Waals surface area contributed by atoms with Gasteiger partial charge in [-0.15, -0.1) is 0 Å². The lowest BCUT2D eigenvalue weighted by Gasteiger charge is -2.21. The lowest BCUT2D eigenvalue weighted by molar-refractivity contribution is -0.120. The van der Waals surface area contributed by atoms with Crippen molar-refractivity contribution < 1.29 is 14.7 Å². The van der Waals surface area contributed by atoms with E-state index in [1.165, 1.54) is 4.57 Å². The standard InChI is InChI=1S/C17H21ClN4O4S/c1-8(2)13(14(24)21-16(19)26)27-17-20-12-6-10(18)4-5-11(12)15(25)22(17)7-9(3)23/h4-6,8-9,13,23H,7H2,1-3H3,(H3,19,21,24,26)/t9-,13+/m1/s1. The van der Waals surface area contributed by atoms with Gasteiger partial charge in [0.05, 0.1) is 28.8 Å². The summed E-state index contributed by atoms with van der Waals surface area (Å²) >= 11 is 7.03. The van der Waals surface area contributed by atoms with Crippen LogP contribution in [-0.2, 0) is 11.3 Å². The highest BCUT2D eigenvalue weighted by Gasteiger charge is 2.27. The molecule has 2 atom stereocenters. The first kappa shape index (κ1) is 21.2. The molecule has 0 radical (unpaired) electrons. The number of rotatable bonds is 6. The zero-order valence-corrected chi connectivity index (χ0v) is 16.7. The van der Waals surface area contributed by atoms with E-state index in [1.54, 1.807) is 39.0 Å². The molecule has 0 saturated carbocycles. The van der Waals surface area contributed by atoms with E-state index in [-0.39, 0.29) is 23.2 Å². The highest BCUT2D eigenvalue weighted by atomic mass is 35.5. The van der Waals surface area contributed by atoms with Crippen molar-refractivity contribution in [2.24, 2.45) is 11.7 Å². The summed E-state index contributed by atoms with van der Waals surface area (Å²) in [5.41, 5.74) is 5.07. The molecule has 27 heavy (non-hydrogen) atoms. The maximum atomic E-state index is 12.9. The quantitative estimate of drug-likeness (QED) is 0.489. The largest absolute Gasteiger partial charge is 0.392 e. The number of hydrogen-bond donors (Lipinski definition) is 3. The number of primary amides is 1. The molecule has 0 unspecified atom stereocenters. The molecule has 146 valence electrons. The van der Waals surface area contributed by atoms with Crippen LogP contribution in [0.4, 0.5) is 4.79 Å². The van der Waals surface area contributed by atoms with Crippen molar-refractivity contribution in [3.63, 3.8) is 0 Å². The second-order valence-corrected chi connectivity index (χ2v) is 8.00. The number of imide groups is 1. The molecule has 1 aromatic carbocycles. The minimum absolute atomic E-state index is 0.00892. The molecule has 2 rings (SSSR count). The number of thioether (sulfide) groups is 1. The summed E-state index contributed by atoms with van der Waals surface area (Å²) in [6, 6.07) is 3.76. The third-order valence-electron chi connectivity index (χ3n) is 3.67. The van der Waals surface area contributed by atoms with Crippen LogP contribution in [0, 0.1) is 5.92 Å². The van der Waals surface area contributed by atoms with E-state index in [0.717, 1.165) is 11.8 Å². The van der Waals surface area contributed by atoms with Crippen molar-refractivity contribution >= 4 is 46.2 Å². The Balaban J connectivity index is 2.58. The van der Waals surface area contributed by atoms with Gasteiger partial charge >= 0.3 is 6.03 Å². The number of benzene rings is 1. The number of urea groups is 1. The summed E-state index contributed by atoms with van der Waals surface area (Å²) in [7, 11) is 0. The fourth-order valence-corrected chi connectivity index (χ4v) is 3.75. The van der Waals surface area contributed by atoms with Crippen molar-refractivity contribution in [3.05, 3.63) is 33.6 Å². The van der Waals surface area contributed by atoms with Crippen LogP contribution in [0.15, 0.2) is 28.2 Å². The molecule has 0 aliphatic heterocycles. The number of carbonyl (C=O) groups is 2. The first-order valence-corrected chi connectivity index (χ1v) is 9.51. The van der Waals surface area contributed by atoms with Crippen LogP contribution in [0.1, 0.15) is 20.8 Å². The fraction of sp³-hybridized carbons (Fsp3) is 0.412. The number of fused-ring (bicyclic) bond motifs is 1. The Morgan fingerprint density at radius 3 is 2.59 bits per heavy atom. The van der Waals surface area contributed by atoms with Gasteiger partial charge in [-0.05, 0) is 31.0 Å². The number of carbonyl (C=O) groups excluding carboxylic acids is 2. The number of aliphatic hydroxyl groups is 1. The minimum atomic E-state index is -0.953. The second-order valence-electron chi connectivity index (χ2n) is 6.46. The Morgan fingerprint density at radius 2 is 2.04 bits per heavy atom. The van der Waals surface area contributed by atoms with Crippen molar-refractivity contribution in [1.82, 2.24) is 14.9 Å². The Bertz CT molecular complexity index is 929. The van der Waals surface area contributed by atoms with Crippen LogP contribution in [-0.4, -0.2) is 37.9 Å². The number of nitrogens with zero attached hydrogens (tertiary/aromatic N) is 2. The van der Waals surface area contributed by atoms with Crippen LogP contribution in [0.5, 0.6) is 0 Å². The van der Waals surface area contributed by atoms with E-state index in [9.17, 15) is 19.5 Å². The van der Waals surface area contributed by atoms with Crippen molar-refractivity contribution in [2.75, 3.05) is 0 Å². The van der Waals surface area contributed by atoms with Gasteiger partial charge in [0, 0.05) is 5.02 Å². The van der Waals surface area contributed by atoms with E-state index in [1.807, 2.05) is 0 Å². The maximum absolute atomic E-state index is 12.9. The van der Waals surface area contributed by atoms with Crippen LogP contribution in [0.25, 0.3) is 10.9 Å². The number of aliphatic hydroxyl groups excluding tert-OH is 1. The van der Waals surface area contributed by atoms with Crippen molar-refractivity contribution in [3.8, 4) is 0 Å². The molecule has 10 heteroatoms. The highest BCUT2D eigenvalue weighted by Crippen LogP contribution is 2.28. The number of halogens is 1. The Labute approximate surface area is 165 Å². The van der Waals surface area contributed by atoms with Crippen molar-refractivity contribution in [2.45, 2.75) is 43.8 Å². The molecule has 3 amide bonds. The summed E-state index contributed by atoms with van der Waals surface area (Å²) in [5.74, 6) is -0.757. The highest BCUT2D eigenvalue weighted by molar-refractivity contribution is 8.00. The predicted molar refractivity (Wildman–Crippen MR) is 105 cm³/mol. The van der Waals surface area contributed by atoms with Gasteiger partial charge in [-0.25, -0.2) is 9.78 Å². The lowest BCUT2D eigenvalue weighted by atomic mass is 10.1. The van der Waals surface area contributed by atoms with Crippen LogP contribution >= 0.6 is 23.4 Å². The molecule has 0 bridgehead atoms.